The van der Waals surface area contributed by atoms with E-state index in [0.29, 0.717) is 34.9 Å². The van der Waals surface area contributed by atoms with Gasteiger partial charge in [-0.2, -0.15) is 0 Å². The van der Waals surface area contributed by atoms with Crippen molar-refractivity contribution in [3.63, 3.8) is 0 Å². The molecule has 2 aromatic rings. The van der Waals surface area contributed by atoms with Gasteiger partial charge in [-0.3, -0.25) is 0 Å². The van der Waals surface area contributed by atoms with Gasteiger partial charge in [0.25, 0.3) is 0 Å². The van der Waals surface area contributed by atoms with Gasteiger partial charge in [0.05, 0.1) is 47.4 Å². The molecule has 7 nitrogen and oxygen atoms in total. The summed E-state index contributed by atoms with van der Waals surface area (Å²) in [7, 11) is -3.71. The van der Waals surface area contributed by atoms with Crippen molar-refractivity contribution >= 4 is 27.4 Å². The Kier molecular flexibility index (Phi) is 7.53. The Bertz CT molecular complexity index is 1060. The fourth-order valence-electron chi connectivity index (χ4n) is 4.61. The smallest absolute Gasteiger partial charge is 0.225 e. The number of ether oxygens (including phenoxy) is 1. The number of rotatable bonds is 9. The zero-order valence-electron chi connectivity index (χ0n) is 18.5. The molecule has 3 atom stereocenters. The minimum absolute atomic E-state index is 0.109. The van der Waals surface area contributed by atoms with Crippen LogP contribution < -0.4 is 4.90 Å². The van der Waals surface area contributed by atoms with E-state index in [-0.39, 0.29) is 11.5 Å². The van der Waals surface area contributed by atoms with Gasteiger partial charge < -0.3 is 14.7 Å². The summed E-state index contributed by atoms with van der Waals surface area (Å²) in [6.07, 6.45) is 5.53. The summed E-state index contributed by atoms with van der Waals surface area (Å²) in [4.78, 5) is 10.7. The molecule has 180 valence electrons. The molecule has 2 aliphatic rings. The minimum Gasteiger partial charge on any atom is -0.392 e. The van der Waals surface area contributed by atoms with Crippen LogP contribution >= 0.6 is 11.6 Å². The molecule has 0 spiro atoms. The molecule has 33 heavy (non-hydrogen) atoms. The maximum absolute atomic E-state index is 14.4. The van der Waals surface area contributed by atoms with Crippen molar-refractivity contribution in [3.8, 4) is 0 Å². The van der Waals surface area contributed by atoms with Gasteiger partial charge in [-0.25, -0.2) is 22.8 Å². The molecule has 0 amide bonds. The van der Waals surface area contributed by atoms with Crippen molar-refractivity contribution in [1.82, 2.24) is 9.97 Å². The minimum atomic E-state index is -3.71. The molecule has 1 aliphatic carbocycles. The van der Waals surface area contributed by atoms with Gasteiger partial charge in [-0.1, -0.05) is 17.7 Å². The molecule has 1 aliphatic heterocycles. The summed E-state index contributed by atoms with van der Waals surface area (Å²) in [5.74, 6) is 1.46. The number of aliphatic hydroxyl groups excluding tert-OH is 1. The second-order valence-corrected chi connectivity index (χ2v) is 11.6. The first kappa shape index (κ1) is 24.3. The van der Waals surface area contributed by atoms with E-state index < -0.39 is 27.5 Å². The highest BCUT2D eigenvalue weighted by atomic mass is 35.5. The molecule has 4 rings (SSSR count). The number of nitrogens with zero attached hydrogens (tertiary/aromatic N) is 3. The van der Waals surface area contributed by atoms with Crippen molar-refractivity contribution < 1.29 is 22.7 Å². The number of sulfone groups is 1. The number of hydrogen-bond donors (Lipinski definition) is 1. The van der Waals surface area contributed by atoms with Crippen molar-refractivity contribution in [2.45, 2.75) is 43.8 Å². The van der Waals surface area contributed by atoms with Crippen LogP contribution in [0.15, 0.2) is 35.5 Å². The predicted octanol–water partition coefficient (Wildman–Crippen LogP) is 3.49. The van der Waals surface area contributed by atoms with Gasteiger partial charge in [-0.15, -0.1) is 0 Å². The normalized spacial score (nSPS) is 22.4. The lowest BCUT2D eigenvalue weighted by Gasteiger charge is -2.32. The quantitative estimate of drug-likeness (QED) is 0.566. The van der Waals surface area contributed by atoms with Crippen LogP contribution in [0.3, 0.4) is 0 Å². The summed E-state index contributed by atoms with van der Waals surface area (Å²) in [5.41, 5.74) is 0.333. The van der Waals surface area contributed by atoms with Crippen LogP contribution in [0.25, 0.3) is 0 Å². The van der Waals surface area contributed by atoms with E-state index in [1.807, 2.05) is 0 Å². The average Bonchev–Trinajstić information content (AvgIpc) is 3.54. The third-order valence-corrected chi connectivity index (χ3v) is 8.53. The Hall–Kier alpha value is -1.81. The van der Waals surface area contributed by atoms with Crippen LogP contribution in [0, 0.1) is 23.6 Å². The van der Waals surface area contributed by atoms with Gasteiger partial charge in [0, 0.05) is 18.7 Å². The molecule has 2 fully saturated rings. The Labute approximate surface area is 198 Å². The van der Waals surface area contributed by atoms with E-state index in [2.05, 4.69) is 14.9 Å². The van der Waals surface area contributed by atoms with Crippen LogP contribution in [-0.2, 0) is 21.2 Å². The lowest BCUT2D eigenvalue weighted by Crippen LogP contribution is -2.35. The molecular formula is C23H29ClFN3O4S. The molecule has 0 radical (unpaired) electrons. The fraction of sp³-hybridized carbons (Fsp3) is 0.565. The first-order valence-electron chi connectivity index (χ1n) is 11.2. The summed E-state index contributed by atoms with van der Waals surface area (Å²) in [5, 5.41) is 9.87. The fourth-order valence-corrected chi connectivity index (χ4v) is 6.09. The van der Waals surface area contributed by atoms with Crippen LogP contribution in [-0.4, -0.2) is 55.0 Å². The SMILES string of the molecule is CC(O)CS(=O)(=O)c1ccc(COC[C@@H]2C[C@@H]2C2CCN(c3ncc(Cl)cn3)CC2)c(F)c1. The van der Waals surface area contributed by atoms with Crippen molar-refractivity contribution in [2.24, 2.45) is 17.8 Å². The monoisotopic (exact) mass is 497 g/mol. The highest BCUT2D eigenvalue weighted by Crippen LogP contribution is 2.48. The Morgan fingerprint density at radius 1 is 1.27 bits per heavy atom. The van der Waals surface area contributed by atoms with Gasteiger partial charge >= 0.3 is 0 Å². The number of anilines is 1. The maximum Gasteiger partial charge on any atom is 0.225 e. The molecule has 1 saturated heterocycles. The Morgan fingerprint density at radius 3 is 2.61 bits per heavy atom. The van der Waals surface area contributed by atoms with Crippen LogP contribution in [0.5, 0.6) is 0 Å². The largest absolute Gasteiger partial charge is 0.392 e. The lowest BCUT2D eigenvalue weighted by atomic mass is 9.91. The third kappa shape index (κ3) is 6.20. The van der Waals surface area contributed by atoms with Gasteiger partial charge in [0.15, 0.2) is 9.84 Å². The Balaban J connectivity index is 1.21. The number of halogens is 2. The molecule has 1 unspecified atom stereocenters. The van der Waals surface area contributed by atoms with Crippen molar-refractivity contribution in [3.05, 3.63) is 47.0 Å². The molecule has 1 aromatic carbocycles. The topological polar surface area (TPSA) is 92.6 Å². The van der Waals surface area contributed by atoms with Gasteiger partial charge in [0.1, 0.15) is 5.82 Å². The Morgan fingerprint density at radius 2 is 1.97 bits per heavy atom. The first-order chi connectivity index (χ1) is 15.7. The number of aromatic nitrogens is 2. The molecule has 1 aromatic heterocycles. The van der Waals surface area contributed by atoms with Crippen LogP contribution in [0.4, 0.5) is 10.3 Å². The van der Waals surface area contributed by atoms with E-state index >= 15 is 0 Å². The zero-order valence-corrected chi connectivity index (χ0v) is 20.1. The standard InChI is InChI=1S/C23H29ClFN3O4S/c1-15(29)14-33(30,31)20-3-2-17(22(25)9-20)12-32-13-18-8-21(18)16-4-6-28(7-5-16)23-26-10-19(24)11-27-23/h2-3,9-11,15-16,18,21,29H,4-8,12-14H2,1H3/t15?,18-,21+/m0/s1. The third-order valence-electron chi connectivity index (χ3n) is 6.45. The molecule has 2 heterocycles. The number of benzene rings is 1. The van der Waals surface area contributed by atoms with Gasteiger partial charge in [-0.05, 0) is 56.1 Å². The van der Waals surface area contributed by atoms with Gasteiger partial charge in [0.2, 0.25) is 5.95 Å². The second-order valence-electron chi connectivity index (χ2n) is 9.08. The lowest BCUT2D eigenvalue weighted by molar-refractivity contribution is 0.102. The summed E-state index contributed by atoms with van der Waals surface area (Å²) < 4.78 is 44.5. The van der Waals surface area contributed by atoms with Crippen LogP contribution in [0.2, 0.25) is 5.02 Å². The van der Waals surface area contributed by atoms with Crippen molar-refractivity contribution in [2.75, 3.05) is 30.3 Å². The first-order valence-corrected chi connectivity index (χ1v) is 13.3. The summed E-state index contributed by atoms with van der Waals surface area (Å²) in [6, 6.07) is 3.83. The summed E-state index contributed by atoms with van der Waals surface area (Å²) in [6.45, 7) is 3.92. The van der Waals surface area contributed by atoms with E-state index in [1.54, 1.807) is 12.4 Å². The van der Waals surface area contributed by atoms with E-state index in [9.17, 15) is 17.9 Å². The highest BCUT2D eigenvalue weighted by Gasteiger charge is 2.43. The second kappa shape index (κ2) is 10.2. The molecule has 1 N–H and O–H groups in total. The predicted molar refractivity (Wildman–Crippen MR) is 123 cm³/mol. The van der Waals surface area contributed by atoms with E-state index in [0.717, 1.165) is 44.4 Å². The molecule has 1 saturated carbocycles. The van der Waals surface area contributed by atoms with E-state index in [1.165, 1.54) is 19.1 Å². The average molecular weight is 498 g/mol. The highest BCUT2D eigenvalue weighted by molar-refractivity contribution is 7.91. The zero-order chi connectivity index (χ0) is 23.6. The number of hydrogen-bond acceptors (Lipinski definition) is 7. The molecule has 10 heteroatoms. The number of aliphatic hydroxyl groups is 1. The maximum atomic E-state index is 14.4. The summed E-state index contributed by atoms with van der Waals surface area (Å²) >= 11 is 5.86. The van der Waals surface area contributed by atoms with E-state index in [4.69, 9.17) is 16.3 Å². The van der Waals surface area contributed by atoms with Crippen LogP contribution in [0.1, 0.15) is 31.7 Å². The molecular weight excluding hydrogens is 469 g/mol. The number of piperidine rings is 1. The molecule has 0 bridgehead atoms. The van der Waals surface area contributed by atoms with Crippen molar-refractivity contribution in [1.29, 1.82) is 0 Å².